The number of benzene rings is 2. The number of nitrogens with zero attached hydrogens (tertiary/aromatic N) is 2. The lowest BCUT2D eigenvalue weighted by Gasteiger charge is -2.06. The van der Waals surface area contributed by atoms with Gasteiger partial charge < -0.3 is 11.5 Å². The molecule has 0 spiro atoms. The molecule has 5 N–H and O–H groups in total. The SMILES string of the molecule is N=C(N)c1cccc(/C(N)=N/c2nc3ccccc3s2)c1F. The summed E-state index contributed by atoms with van der Waals surface area (Å²) >= 11 is 1.37. The van der Waals surface area contributed by atoms with Gasteiger partial charge in [-0.25, -0.2) is 14.4 Å². The van der Waals surface area contributed by atoms with Crippen molar-refractivity contribution in [3.63, 3.8) is 0 Å². The number of rotatable bonds is 3. The van der Waals surface area contributed by atoms with Gasteiger partial charge >= 0.3 is 0 Å². The number of aromatic nitrogens is 1. The number of amidine groups is 2. The molecule has 1 heterocycles. The number of nitrogen functional groups attached to an aromatic ring is 1. The lowest BCUT2D eigenvalue weighted by atomic mass is 10.1. The molecule has 7 heteroatoms. The zero-order valence-electron chi connectivity index (χ0n) is 11.4. The van der Waals surface area contributed by atoms with Gasteiger partial charge in [0.05, 0.1) is 21.3 Å². The molecule has 0 bridgehead atoms. The fourth-order valence-corrected chi connectivity index (χ4v) is 2.86. The van der Waals surface area contributed by atoms with E-state index in [1.165, 1.54) is 23.5 Å². The Morgan fingerprint density at radius 1 is 1.09 bits per heavy atom. The largest absolute Gasteiger partial charge is 0.384 e. The van der Waals surface area contributed by atoms with E-state index >= 15 is 0 Å². The second-order valence-electron chi connectivity index (χ2n) is 4.54. The molecule has 0 aliphatic carbocycles. The van der Waals surface area contributed by atoms with Gasteiger partial charge in [0.1, 0.15) is 17.5 Å². The second-order valence-corrected chi connectivity index (χ2v) is 5.55. The molecule has 1 aromatic heterocycles. The highest BCUT2D eigenvalue weighted by Gasteiger charge is 2.13. The molecule has 0 saturated carbocycles. The molecule has 0 amide bonds. The van der Waals surface area contributed by atoms with Crippen molar-refractivity contribution in [1.82, 2.24) is 4.98 Å². The third-order valence-electron chi connectivity index (χ3n) is 3.06. The Kier molecular flexibility index (Phi) is 3.56. The maximum atomic E-state index is 14.3. The van der Waals surface area contributed by atoms with Gasteiger partial charge in [-0.1, -0.05) is 29.5 Å². The number of para-hydroxylation sites is 1. The van der Waals surface area contributed by atoms with Gasteiger partial charge in [0.15, 0.2) is 0 Å². The van der Waals surface area contributed by atoms with Gasteiger partial charge in [-0.15, -0.1) is 0 Å². The van der Waals surface area contributed by atoms with Crippen LogP contribution in [0.1, 0.15) is 11.1 Å². The minimum atomic E-state index is -0.655. The van der Waals surface area contributed by atoms with E-state index in [1.54, 1.807) is 6.07 Å². The molecular formula is C15H12FN5S. The predicted octanol–water partition coefficient (Wildman–Crippen LogP) is 2.76. The average Bonchev–Trinajstić information content (AvgIpc) is 2.89. The maximum absolute atomic E-state index is 14.3. The highest BCUT2D eigenvalue weighted by molar-refractivity contribution is 7.22. The van der Waals surface area contributed by atoms with Crippen molar-refractivity contribution in [2.75, 3.05) is 0 Å². The fourth-order valence-electron chi connectivity index (χ4n) is 2.01. The third-order valence-corrected chi connectivity index (χ3v) is 3.99. The quantitative estimate of drug-likeness (QED) is 0.512. The number of hydrogen-bond acceptors (Lipinski definition) is 4. The molecule has 110 valence electrons. The molecule has 2 aromatic carbocycles. The molecule has 0 radical (unpaired) electrons. The Morgan fingerprint density at radius 3 is 2.55 bits per heavy atom. The number of aliphatic imine (C=N–C) groups is 1. The lowest BCUT2D eigenvalue weighted by Crippen LogP contribution is -2.19. The molecule has 0 saturated heterocycles. The van der Waals surface area contributed by atoms with Crippen molar-refractivity contribution in [3.8, 4) is 0 Å². The van der Waals surface area contributed by atoms with Gasteiger partial charge in [0, 0.05) is 0 Å². The summed E-state index contributed by atoms with van der Waals surface area (Å²) in [5, 5.41) is 7.81. The van der Waals surface area contributed by atoms with E-state index in [9.17, 15) is 4.39 Å². The Morgan fingerprint density at radius 2 is 1.82 bits per heavy atom. The van der Waals surface area contributed by atoms with Crippen molar-refractivity contribution in [2.24, 2.45) is 16.5 Å². The van der Waals surface area contributed by atoms with Gasteiger partial charge in [-0.2, -0.15) is 0 Å². The standard InChI is InChI=1S/C15H12FN5S/c16-12-8(13(17)18)4-3-5-9(12)14(19)21-15-20-10-6-1-2-7-11(10)22-15/h1-7H,(H3,17,18)(H2,19,20,21). The Balaban J connectivity index is 2.04. The molecule has 5 nitrogen and oxygen atoms in total. The van der Waals surface area contributed by atoms with Crippen molar-refractivity contribution in [1.29, 1.82) is 5.41 Å². The first-order chi connectivity index (χ1) is 10.6. The van der Waals surface area contributed by atoms with Crippen LogP contribution in [0.2, 0.25) is 0 Å². The first-order valence-corrected chi connectivity index (χ1v) is 7.21. The summed E-state index contributed by atoms with van der Waals surface area (Å²) in [5.41, 5.74) is 12.1. The van der Waals surface area contributed by atoms with E-state index in [1.807, 2.05) is 24.3 Å². The second kappa shape index (κ2) is 5.53. The number of thiazole rings is 1. The predicted molar refractivity (Wildman–Crippen MR) is 87.4 cm³/mol. The van der Waals surface area contributed by atoms with E-state index in [4.69, 9.17) is 16.9 Å². The monoisotopic (exact) mass is 313 g/mol. The van der Waals surface area contributed by atoms with Gasteiger partial charge in [-0.05, 0) is 24.3 Å². The highest BCUT2D eigenvalue weighted by atomic mass is 32.1. The summed E-state index contributed by atoms with van der Waals surface area (Å²) < 4.78 is 15.3. The van der Waals surface area contributed by atoms with Crippen molar-refractivity contribution >= 4 is 38.4 Å². The van der Waals surface area contributed by atoms with E-state index in [-0.39, 0.29) is 22.8 Å². The third kappa shape index (κ3) is 2.53. The minimum absolute atomic E-state index is 0.0000464. The summed E-state index contributed by atoms with van der Waals surface area (Å²) in [4.78, 5) is 8.51. The number of nitrogens with one attached hydrogen (secondary N) is 1. The summed E-state index contributed by atoms with van der Waals surface area (Å²) in [6.45, 7) is 0. The number of nitrogens with two attached hydrogens (primary N) is 2. The van der Waals surface area contributed by atoms with Crippen molar-refractivity contribution in [2.45, 2.75) is 0 Å². The zero-order chi connectivity index (χ0) is 15.7. The first kappa shape index (κ1) is 14.2. The van der Waals surface area contributed by atoms with Crippen LogP contribution in [0.15, 0.2) is 47.5 Å². The van der Waals surface area contributed by atoms with Crippen LogP contribution in [0.3, 0.4) is 0 Å². The molecule has 3 aromatic rings. The fraction of sp³-hybridized carbons (Fsp3) is 0. The van der Waals surface area contributed by atoms with E-state index in [0.717, 1.165) is 10.2 Å². The molecule has 0 aliphatic rings. The van der Waals surface area contributed by atoms with Crippen LogP contribution >= 0.6 is 11.3 Å². The molecule has 0 aliphatic heterocycles. The van der Waals surface area contributed by atoms with Gasteiger partial charge in [-0.3, -0.25) is 5.41 Å². The van der Waals surface area contributed by atoms with Crippen LogP contribution < -0.4 is 11.5 Å². The lowest BCUT2D eigenvalue weighted by molar-refractivity contribution is 0.622. The first-order valence-electron chi connectivity index (χ1n) is 6.39. The Bertz CT molecular complexity index is 867. The smallest absolute Gasteiger partial charge is 0.212 e. The molecule has 0 atom stereocenters. The van der Waals surface area contributed by atoms with Gasteiger partial charge in [0.25, 0.3) is 0 Å². The number of halogens is 1. The van der Waals surface area contributed by atoms with E-state index < -0.39 is 5.82 Å². The Hall–Kier alpha value is -2.80. The van der Waals surface area contributed by atoms with Crippen LogP contribution in [0.4, 0.5) is 9.52 Å². The average molecular weight is 313 g/mol. The molecule has 0 fully saturated rings. The van der Waals surface area contributed by atoms with Crippen LogP contribution in [0, 0.1) is 11.2 Å². The molecule has 22 heavy (non-hydrogen) atoms. The van der Waals surface area contributed by atoms with Crippen LogP contribution in [0.5, 0.6) is 0 Å². The normalized spacial score (nSPS) is 11.8. The minimum Gasteiger partial charge on any atom is -0.384 e. The molecule has 0 unspecified atom stereocenters. The van der Waals surface area contributed by atoms with E-state index in [0.29, 0.717) is 5.13 Å². The van der Waals surface area contributed by atoms with Crippen molar-refractivity contribution < 1.29 is 4.39 Å². The summed E-state index contributed by atoms with van der Waals surface area (Å²) in [6.07, 6.45) is 0. The summed E-state index contributed by atoms with van der Waals surface area (Å²) in [7, 11) is 0. The number of hydrogen-bond donors (Lipinski definition) is 3. The summed E-state index contributed by atoms with van der Waals surface area (Å²) in [6, 6.07) is 12.1. The van der Waals surface area contributed by atoms with Crippen LogP contribution in [-0.2, 0) is 0 Å². The van der Waals surface area contributed by atoms with E-state index in [2.05, 4.69) is 9.98 Å². The maximum Gasteiger partial charge on any atom is 0.212 e. The van der Waals surface area contributed by atoms with Crippen LogP contribution in [0.25, 0.3) is 10.2 Å². The van der Waals surface area contributed by atoms with Gasteiger partial charge in [0.2, 0.25) is 5.13 Å². The Labute approximate surface area is 129 Å². The topological polar surface area (TPSA) is 101 Å². The van der Waals surface area contributed by atoms with Crippen molar-refractivity contribution in [3.05, 3.63) is 59.4 Å². The highest BCUT2D eigenvalue weighted by Crippen LogP contribution is 2.28. The molecular weight excluding hydrogens is 301 g/mol. The zero-order valence-corrected chi connectivity index (χ0v) is 12.2. The molecule has 3 rings (SSSR count). The number of fused-ring (bicyclic) bond motifs is 1. The van der Waals surface area contributed by atoms with Crippen LogP contribution in [-0.4, -0.2) is 16.7 Å². The summed E-state index contributed by atoms with van der Waals surface area (Å²) in [5.74, 6) is -1.01.